The number of aryl methyl sites for hydroxylation is 4. The molecule has 1 unspecified atom stereocenters. The lowest BCUT2D eigenvalue weighted by Gasteiger charge is -2.17. The van der Waals surface area contributed by atoms with Gasteiger partial charge in [-0.2, -0.15) is 0 Å². The number of aliphatic hydroxyl groups excluding tert-OH is 1. The lowest BCUT2D eigenvalue weighted by molar-refractivity contribution is 0.0628. The number of aliphatic hydroxyl groups is 1. The lowest BCUT2D eigenvalue weighted by Crippen LogP contribution is -2.15. The molecule has 3 aromatic heterocycles. The Morgan fingerprint density at radius 2 is 1.56 bits per heavy atom. The van der Waals surface area contributed by atoms with Crippen molar-refractivity contribution < 1.29 is 9.84 Å². The first kappa shape index (κ1) is 27.9. The first-order valence-electron chi connectivity index (χ1n) is 15.5. The van der Waals surface area contributed by atoms with Gasteiger partial charge in [0.1, 0.15) is 0 Å². The average molecular weight is 553 g/mol. The van der Waals surface area contributed by atoms with Crippen LogP contribution in [-0.2, 0) is 24.0 Å². The summed E-state index contributed by atoms with van der Waals surface area (Å²) >= 11 is 0. The van der Waals surface area contributed by atoms with Gasteiger partial charge in [0.05, 0.1) is 30.7 Å². The van der Waals surface area contributed by atoms with Crippen LogP contribution in [0.3, 0.4) is 0 Å². The molecule has 6 heteroatoms. The predicted molar refractivity (Wildman–Crippen MR) is 168 cm³/mol. The molecule has 6 rings (SSSR count). The van der Waals surface area contributed by atoms with Gasteiger partial charge in [-0.25, -0.2) is 4.98 Å². The first-order valence-corrected chi connectivity index (χ1v) is 15.5. The summed E-state index contributed by atoms with van der Waals surface area (Å²) in [5, 5.41) is 9.58. The van der Waals surface area contributed by atoms with Gasteiger partial charge < -0.3 is 19.8 Å². The molecule has 0 spiro atoms. The van der Waals surface area contributed by atoms with E-state index in [4.69, 9.17) is 14.7 Å². The second-order valence-electron chi connectivity index (χ2n) is 12.0. The van der Waals surface area contributed by atoms with Gasteiger partial charge in [0.15, 0.2) is 0 Å². The fourth-order valence-electron chi connectivity index (χ4n) is 7.44. The van der Waals surface area contributed by atoms with Crippen molar-refractivity contribution in [1.29, 1.82) is 0 Å². The highest BCUT2D eigenvalue weighted by Gasteiger charge is 2.39. The number of nitrogens with zero attached hydrogens (tertiary/aromatic N) is 2. The number of allylic oxidation sites excluding steroid dienone is 1. The molecular formula is C35H44N4O2. The van der Waals surface area contributed by atoms with Crippen molar-refractivity contribution >= 4 is 33.2 Å². The zero-order valence-electron chi connectivity index (χ0n) is 25.7. The summed E-state index contributed by atoms with van der Waals surface area (Å²) < 4.78 is 6.25. The number of aromatic amines is 2. The molecule has 0 fully saturated rings. The van der Waals surface area contributed by atoms with Crippen LogP contribution >= 0.6 is 0 Å². The van der Waals surface area contributed by atoms with Crippen molar-refractivity contribution in [3.05, 3.63) is 68.8 Å². The summed E-state index contributed by atoms with van der Waals surface area (Å²) in [5.41, 5.74) is 17.7. The number of fused-ring (bicyclic) bond motifs is 8. The zero-order valence-corrected chi connectivity index (χ0v) is 25.7. The summed E-state index contributed by atoms with van der Waals surface area (Å²) in [6, 6.07) is 6.80. The third-order valence-electron chi connectivity index (χ3n) is 9.73. The number of ether oxygens (including phenoxy) is 1. The number of aromatic nitrogens is 4. The van der Waals surface area contributed by atoms with Gasteiger partial charge in [-0.1, -0.05) is 34.1 Å². The standard InChI is InChI=1S/C35H44N4O2/c1-8-11-24-20(6)28-15-26-18(4)22(9-2)30(36-26)16-27-19(5)23(10-3)31(37-27)17-29-21(7)33-32(41-13-12-40)14-25(34(24)38-28)35(33)39-29/h15-17,20,24,32,36-37,40H,8-14H2,1-7H3/t20-,24-,32?/m0/s1. The van der Waals surface area contributed by atoms with Crippen molar-refractivity contribution in [3.8, 4) is 0 Å². The summed E-state index contributed by atoms with van der Waals surface area (Å²) in [5.74, 6) is 0.661. The minimum atomic E-state index is -0.116. The Bertz CT molecular complexity index is 1710. The molecule has 0 aromatic carbocycles. The van der Waals surface area contributed by atoms with Crippen molar-refractivity contribution in [2.45, 2.75) is 98.5 Å². The van der Waals surface area contributed by atoms with Gasteiger partial charge in [-0.3, -0.25) is 4.98 Å². The van der Waals surface area contributed by atoms with Crippen LogP contribution in [0.15, 0.2) is 18.2 Å². The monoisotopic (exact) mass is 552 g/mol. The minimum Gasteiger partial charge on any atom is -0.394 e. The van der Waals surface area contributed by atoms with Gasteiger partial charge in [0, 0.05) is 62.8 Å². The Hall–Kier alpha value is -3.22. The van der Waals surface area contributed by atoms with Crippen molar-refractivity contribution in [2.24, 2.45) is 0 Å². The number of rotatable bonds is 7. The van der Waals surface area contributed by atoms with Crippen LogP contribution in [0.25, 0.3) is 33.2 Å². The SMILES string of the molecule is CCC[C@@H]1c2nc(cc3[nH]c(cc4[nH]c(cc5nc6c2CC(OCCO)C6=C5C)c(CC)c4C)c(CC)c3C)[C@H]1C. The van der Waals surface area contributed by atoms with E-state index in [9.17, 15) is 5.11 Å². The maximum atomic E-state index is 9.58. The Labute approximate surface area is 243 Å². The highest BCUT2D eigenvalue weighted by Crippen LogP contribution is 2.48. The van der Waals surface area contributed by atoms with E-state index in [-0.39, 0.29) is 12.7 Å². The van der Waals surface area contributed by atoms with E-state index in [2.05, 4.69) is 76.6 Å². The molecule has 3 aliphatic rings. The fourth-order valence-corrected chi connectivity index (χ4v) is 7.44. The maximum Gasteiger partial charge on any atom is 0.0892 e. The Morgan fingerprint density at radius 1 is 0.902 bits per heavy atom. The van der Waals surface area contributed by atoms with Crippen molar-refractivity contribution in [1.82, 2.24) is 19.9 Å². The van der Waals surface area contributed by atoms with Gasteiger partial charge in [-0.15, -0.1) is 0 Å². The second kappa shape index (κ2) is 10.9. The van der Waals surface area contributed by atoms with Crippen molar-refractivity contribution in [2.75, 3.05) is 13.2 Å². The molecule has 3 atom stereocenters. The first-order chi connectivity index (χ1) is 19.8. The smallest absolute Gasteiger partial charge is 0.0892 e. The number of H-pyrrole nitrogens is 2. The van der Waals surface area contributed by atoms with E-state index >= 15 is 0 Å². The van der Waals surface area contributed by atoms with Gasteiger partial charge in [0.25, 0.3) is 0 Å². The van der Waals surface area contributed by atoms with E-state index in [0.29, 0.717) is 18.4 Å². The Morgan fingerprint density at radius 3 is 2.20 bits per heavy atom. The van der Waals surface area contributed by atoms with Crippen LogP contribution in [0.4, 0.5) is 0 Å². The highest BCUT2D eigenvalue weighted by molar-refractivity contribution is 5.97. The van der Waals surface area contributed by atoms with Crippen LogP contribution in [0.2, 0.25) is 0 Å². The number of hydrogen-bond donors (Lipinski definition) is 3. The molecule has 0 saturated carbocycles. The molecule has 2 aliphatic heterocycles. The fraction of sp³-hybridized carbons (Fsp3) is 0.486. The summed E-state index contributed by atoms with van der Waals surface area (Å²) in [6.07, 6.45) is 4.74. The molecule has 8 bridgehead atoms. The summed E-state index contributed by atoms with van der Waals surface area (Å²) in [6.45, 7) is 16.0. The van der Waals surface area contributed by atoms with Crippen LogP contribution in [0, 0.1) is 13.8 Å². The lowest BCUT2D eigenvalue weighted by atomic mass is 9.86. The third kappa shape index (κ3) is 4.47. The molecule has 3 N–H and O–H groups in total. The van der Waals surface area contributed by atoms with E-state index in [0.717, 1.165) is 76.9 Å². The molecule has 6 nitrogen and oxygen atoms in total. The van der Waals surface area contributed by atoms with E-state index in [1.165, 1.54) is 39.0 Å². The van der Waals surface area contributed by atoms with Crippen LogP contribution in [-0.4, -0.2) is 44.4 Å². The molecule has 1 aliphatic carbocycles. The molecule has 0 radical (unpaired) electrons. The molecule has 216 valence electrons. The van der Waals surface area contributed by atoms with Crippen LogP contribution < -0.4 is 0 Å². The molecule has 41 heavy (non-hydrogen) atoms. The third-order valence-corrected chi connectivity index (χ3v) is 9.73. The highest BCUT2D eigenvalue weighted by atomic mass is 16.5. The summed E-state index contributed by atoms with van der Waals surface area (Å²) in [7, 11) is 0. The predicted octanol–water partition coefficient (Wildman–Crippen LogP) is 7.61. The van der Waals surface area contributed by atoms with Crippen molar-refractivity contribution in [3.63, 3.8) is 0 Å². The molecule has 5 heterocycles. The Balaban J connectivity index is 1.76. The van der Waals surface area contributed by atoms with Gasteiger partial charge >= 0.3 is 0 Å². The number of nitrogens with one attached hydrogen (secondary N) is 2. The normalized spacial score (nSPS) is 20.0. The van der Waals surface area contributed by atoms with Crippen LogP contribution in [0.1, 0.15) is 110 Å². The zero-order chi connectivity index (χ0) is 29.0. The minimum absolute atomic E-state index is 0.00871. The molecule has 0 saturated heterocycles. The Kier molecular flexibility index (Phi) is 7.41. The second-order valence-corrected chi connectivity index (χ2v) is 12.0. The molecule has 3 aromatic rings. The van der Waals surface area contributed by atoms with E-state index in [1.54, 1.807) is 0 Å². The van der Waals surface area contributed by atoms with E-state index in [1.807, 2.05) is 0 Å². The van der Waals surface area contributed by atoms with E-state index < -0.39 is 0 Å². The quantitative estimate of drug-likeness (QED) is 0.282. The van der Waals surface area contributed by atoms with Gasteiger partial charge in [-0.05, 0) is 86.1 Å². The maximum absolute atomic E-state index is 9.58. The largest absolute Gasteiger partial charge is 0.394 e. The van der Waals surface area contributed by atoms with Gasteiger partial charge in [0.2, 0.25) is 0 Å². The molecule has 0 amide bonds. The van der Waals surface area contributed by atoms with Crippen LogP contribution in [0.5, 0.6) is 0 Å². The topological polar surface area (TPSA) is 86.8 Å². The summed E-state index contributed by atoms with van der Waals surface area (Å²) in [4.78, 5) is 18.2. The number of hydrogen-bond acceptors (Lipinski definition) is 4. The average Bonchev–Trinajstić information content (AvgIpc) is 3.71. The molecular weight excluding hydrogens is 508 g/mol.